The smallest absolute Gasteiger partial charge is 0.274 e. The van der Waals surface area contributed by atoms with Gasteiger partial charge in [-0.25, -0.2) is 8.42 Å². The van der Waals surface area contributed by atoms with Gasteiger partial charge in [-0.2, -0.15) is 5.10 Å². The van der Waals surface area contributed by atoms with E-state index in [0.717, 1.165) is 18.2 Å². The normalized spacial score (nSPS) is 14.7. The summed E-state index contributed by atoms with van der Waals surface area (Å²) in [6.45, 7) is 1.33. The quantitative estimate of drug-likeness (QED) is 0.729. The number of benzene rings is 1. The van der Waals surface area contributed by atoms with Crippen LogP contribution in [0.4, 0.5) is 5.69 Å². The van der Waals surface area contributed by atoms with Crippen molar-refractivity contribution in [3.63, 3.8) is 0 Å². The summed E-state index contributed by atoms with van der Waals surface area (Å²) in [6.07, 6.45) is 4.74. The highest BCUT2D eigenvalue weighted by molar-refractivity contribution is 7.93. The van der Waals surface area contributed by atoms with E-state index in [0.29, 0.717) is 18.6 Å². The Hall–Kier alpha value is -2.94. The lowest BCUT2D eigenvalue weighted by molar-refractivity contribution is 0.0788. The molecule has 3 aromatic rings. The van der Waals surface area contributed by atoms with Gasteiger partial charge in [-0.1, -0.05) is 18.2 Å². The van der Waals surface area contributed by atoms with Crippen molar-refractivity contribution < 1.29 is 13.2 Å². The Labute approximate surface area is 150 Å². The molecule has 2 N–H and O–H groups in total. The zero-order valence-corrected chi connectivity index (χ0v) is 14.7. The Morgan fingerprint density at radius 2 is 1.92 bits per heavy atom. The van der Waals surface area contributed by atoms with Crippen LogP contribution in [0.3, 0.4) is 0 Å². The lowest BCUT2D eigenvalue weighted by Crippen LogP contribution is -2.29. The zero-order chi connectivity index (χ0) is 18.1. The molecule has 8 nitrogen and oxygen atoms in total. The highest BCUT2D eigenvalue weighted by atomic mass is 32.2. The van der Waals surface area contributed by atoms with E-state index in [2.05, 4.69) is 19.9 Å². The molecule has 4 rings (SSSR count). The summed E-state index contributed by atoms with van der Waals surface area (Å²) >= 11 is 0. The maximum absolute atomic E-state index is 12.9. The lowest BCUT2D eigenvalue weighted by Gasteiger charge is -2.15. The number of sulfonamides is 1. The van der Waals surface area contributed by atoms with Crippen LogP contribution in [0.5, 0.6) is 0 Å². The lowest BCUT2D eigenvalue weighted by atomic mass is 10.2. The summed E-state index contributed by atoms with van der Waals surface area (Å²) in [6, 6.07) is 8.47. The van der Waals surface area contributed by atoms with Crippen LogP contribution in [0.2, 0.25) is 0 Å². The Kier molecular flexibility index (Phi) is 4.08. The van der Waals surface area contributed by atoms with Crippen molar-refractivity contribution in [3.05, 3.63) is 48.4 Å². The molecule has 9 heteroatoms. The number of fused-ring (bicyclic) bond motifs is 1. The van der Waals surface area contributed by atoms with Gasteiger partial charge < -0.3 is 4.90 Å². The number of anilines is 1. The number of para-hydroxylation sites is 1. The Balaban J connectivity index is 1.69. The summed E-state index contributed by atoms with van der Waals surface area (Å²) in [7, 11) is -3.93. The third-order valence-corrected chi connectivity index (χ3v) is 5.77. The average molecular weight is 371 g/mol. The minimum Gasteiger partial charge on any atom is -0.337 e. The van der Waals surface area contributed by atoms with Gasteiger partial charge in [0.25, 0.3) is 15.9 Å². The maximum atomic E-state index is 12.9. The number of pyridine rings is 1. The fourth-order valence-electron chi connectivity index (χ4n) is 3.10. The van der Waals surface area contributed by atoms with E-state index < -0.39 is 10.0 Å². The SMILES string of the molecule is O=C(c1[nH]ncc1NS(=O)(=O)c1cccc2cccnc12)N1CCCC1. The molecule has 26 heavy (non-hydrogen) atoms. The predicted octanol–water partition coefficient (Wildman–Crippen LogP) is 1.99. The Bertz CT molecular complexity index is 1070. The van der Waals surface area contributed by atoms with Crippen molar-refractivity contribution >= 4 is 32.5 Å². The summed E-state index contributed by atoms with van der Waals surface area (Å²) in [4.78, 5) is 18.5. The number of hydrogen-bond acceptors (Lipinski definition) is 5. The van der Waals surface area contributed by atoms with Crippen molar-refractivity contribution in [1.82, 2.24) is 20.1 Å². The van der Waals surface area contributed by atoms with Crippen LogP contribution >= 0.6 is 0 Å². The molecule has 1 saturated heterocycles. The molecule has 0 saturated carbocycles. The molecular formula is C17H17N5O3S. The van der Waals surface area contributed by atoms with E-state index in [4.69, 9.17) is 0 Å². The second-order valence-electron chi connectivity index (χ2n) is 6.09. The molecule has 1 aliphatic heterocycles. The molecule has 134 valence electrons. The van der Waals surface area contributed by atoms with Gasteiger partial charge in [-0.3, -0.25) is 19.6 Å². The summed E-state index contributed by atoms with van der Waals surface area (Å²) < 4.78 is 28.3. The molecule has 0 aliphatic carbocycles. The van der Waals surface area contributed by atoms with Gasteiger partial charge in [0.2, 0.25) is 0 Å². The highest BCUT2D eigenvalue weighted by Crippen LogP contribution is 2.25. The molecule has 0 spiro atoms. The maximum Gasteiger partial charge on any atom is 0.274 e. The molecule has 0 bridgehead atoms. The molecule has 3 heterocycles. The van der Waals surface area contributed by atoms with Gasteiger partial charge in [-0.05, 0) is 25.0 Å². The largest absolute Gasteiger partial charge is 0.337 e. The number of nitrogens with zero attached hydrogens (tertiary/aromatic N) is 3. The fourth-order valence-corrected chi connectivity index (χ4v) is 4.33. The van der Waals surface area contributed by atoms with Crippen LogP contribution in [0.25, 0.3) is 10.9 Å². The summed E-state index contributed by atoms with van der Waals surface area (Å²) in [5.41, 5.74) is 0.650. The second kappa shape index (κ2) is 6.41. The zero-order valence-electron chi connectivity index (χ0n) is 13.8. The van der Waals surface area contributed by atoms with Crippen molar-refractivity contribution in [3.8, 4) is 0 Å². The first kappa shape index (κ1) is 16.5. The van der Waals surface area contributed by atoms with Crippen molar-refractivity contribution in [2.45, 2.75) is 17.7 Å². The first-order valence-electron chi connectivity index (χ1n) is 8.25. The third kappa shape index (κ3) is 2.90. The molecule has 1 aromatic carbocycles. The van der Waals surface area contributed by atoms with Gasteiger partial charge in [0.05, 0.1) is 17.4 Å². The minimum absolute atomic E-state index is 0.0522. The monoisotopic (exact) mass is 371 g/mol. The van der Waals surface area contributed by atoms with Gasteiger partial charge in [-0.15, -0.1) is 0 Å². The van der Waals surface area contributed by atoms with Crippen LogP contribution in [-0.4, -0.2) is 47.5 Å². The van der Waals surface area contributed by atoms with E-state index in [1.807, 2.05) is 0 Å². The molecule has 1 aliphatic rings. The number of rotatable bonds is 4. The van der Waals surface area contributed by atoms with E-state index >= 15 is 0 Å². The first-order chi connectivity index (χ1) is 12.6. The van der Waals surface area contributed by atoms with Gasteiger partial charge in [0, 0.05) is 24.7 Å². The first-order valence-corrected chi connectivity index (χ1v) is 9.74. The number of hydrogen-bond donors (Lipinski definition) is 2. The number of amides is 1. The van der Waals surface area contributed by atoms with Crippen molar-refractivity contribution in [2.75, 3.05) is 17.8 Å². The van der Waals surface area contributed by atoms with E-state index in [9.17, 15) is 13.2 Å². The van der Waals surface area contributed by atoms with E-state index in [-0.39, 0.29) is 22.2 Å². The number of nitrogens with one attached hydrogen (secondary N) is 2. The topological polar surface area (TPSA) is 108 Å². The molecule has 0 unspecified atom stereocenters. The number of aromatic amines is 1. The number of H-pyrrole nitrogens is 1. The molecule has 1 fully saturated rings. The standard InChI is InChI=1S/C17H17N5O3S/c23-17(22-9-1-2-10-22)16-13(11-19-20-16)21-26(24,25)14-7-3-5-12-6-4-8-18-15(12)14/h3-8,11,21H,1-2,9-10H2,(H,19,20). The molecule has 2 aromatic heterocycles. The Morgan fingerprint density at radius 3 is 2.73 bits per heavy atom. The molecular weight excluding hydrogens is 354 g/mol. The van der Waals surface area contributed by atoms with Crippen LogP contribution in [0.15, 0.2) is 47.6 Å². The second-order valence-corrected chi connectivity index (χ2v) is 7.75. The van der Waals surface area contributed by atoms with Gasteiger partial charge in [0.1, 0.15) is 10.6 Å². The Morgan fingerprint density at radius 1 is 1.15 bits per heavy atom. The summed E-state index contributed by atoms with van der Waals surface area (Å²) in [5.74, 6) is -0.256. The number of carbonyl (C=O) groups excluding carboxylic acids is 1. The fraction of sp³-hybridized carbons (Fsp3) is 0.235. The van der Waals surface area contributed by atoms with Crippen LogP contribution < -0.4 is 4.72 Å². The molecule has 0 atom stereocenters. The molecule has 0 radical (unpaired) electrons. The van der Waals surface area contributed by atoms with Gasteiger partial charge >= 0.3 is 0 Å². The van der Waals surface area contributed by atoms with Crippen LogP contribution in [0, 0.1) is 0 Å². The average Bonchev–Trinajstić information content (AvgIpc) is 3.32. The highest BCUT2D eigenvalue weighted by Gasteiger charge is 2.26. The summed E-state index contributed by atoms with van der Waals surface area (Å²) in [5, 5.41) is 7.17. The third-order valence-electron chi connectivity index (χ3n) is 4.38. The van der Waals surface area contributed by atoms with Crippen molar-refractivity contribution in [2.24, 2.45) is 0 Å². The number of likely N-dealkylation sites (tertiary alicyclic amines) is 1. The predicted molar refractivity (Wildman–Crippen MR) is 96.3 cm³/mol. The number of carbonyl (C=O) groups is 1. The van der Waals surface area contributed by atoms with Crippen LogP contribution in [-0.2, 0) is 10.0 Å². The number of aromatic nitrogens is 3. The van der Waals surface area contributed by atoms with Crippen molar-refractivity contribution in [1.29, 1.82) is 0 Å². The molecule has 1 amide bonds. The van der Waals surface area contributed by atoms with Crippen LogP contribution in [0.1, 0.15) is 23.3 Å². The van der Waals surface area contributed by atoms with Gasteiger partial charge in [0.15, 0.2) is 0 Å². The van der Waals surface area contributed by atoms with E-state index in [1.54, 1.807) is 35.4 Å². The minimum atomic E-state index is -3.93. The van der Waals surface area contributed by atoms with E-state index in [1.165, 1.54) is 12.3 Å².